The molecule has 0 N–H and O–H groups in total. The summed E-state index contributed by atoms with van der Waals surface area (Å²) in [6.07, 6.45) is 1.91. The number of imidazole rings is 1. The van der Waals surface area contributed by atoms with Crippen LogP contribution in [0, 0.1) is 0 Å². The molecule has 1 saturated heterocycles. The molecular formula is C24H29N5O2. The van der Waals surface area contributed by atoms with E-state index in [1.165, 1.54) is 5.69 Å². The highest BCUT2D eigenvalue weighted by Gasteiger charge is 2.19. The molecule has 1 aromatic heterocycles. The van der Waals surface area contributed by atoms with Crippen molar-refractivity contribution in [3.63, 3.8) is 0 Å². The minimum absolute atomic E-state index is 0.0497. The third-order valence-corrected chi connectivity index (χ3v) is 5.56. The lowest BCUT2D eigenvalue weighted by molar-refractivity contribution is 0.0819. The highest BCUT2D eigenvalue weighted by Crippen LogP contribution is 2.24. The summed E-state index contributed by atoms with van der Waals surface area (Å²) in [7, 11) is 0. The van der Waals surface area contributed by atoms with Crippen LogP contribution in [-0.2, 0) is 4.84 Å². The first-order chi connectivity index (χ1) is 14.9. The van der Waals surface area contributed by atoms with Crippen molar-refractivity contribution in [2.45, 2.75) is 33.8 Å². The smallest absolute Gasteiger partial charge is 0.159 e. The van der Waals surface area contributed by atoms with Crippen LogP contribution in [0.1, 0.15) is 38.1 Å². The number of carbonyl (C=O) groups is 1. The van der Waals surface area contributed by atoms with E-state index in [0.29, 0.717) is 5.56 Å². The average molecular weight is 420 g/mol. The minimum atomic E-state index is 0.0497. The Labute approximate surface area is 182 Å². The quantitative estimate of drug-likeness (QED) is 0.270. The van der Waals surface area contributed by atoms with E-state index in [1.807, 2.05) is 45.3 Å². The largest absolute Gasteiger partial charge is 0.392 e. The van der Waals surface area contributed by atoms with Crippen molar-refractivity contribution in [1.29, 1.82) is 0 Å². The molecule has 4 rings (SSSR count). The molecule has 0 unspecified atom stereocenters. The maximum absolute atomic E-state index is 11.7. The predicted molar refractivity (Wildman–Crippen MR) is 124 cm³/mol. The molecule has 2 heterocycles. The van der Waals surface area contributed by atoms with E-state index in [2.05, 4.69) is 48.8 Å². The van der Waals surface area contributed by atoms with Crippen LogP contribution in [0.5, 0.6) is 0 Å². The molecule has 2 aromatic carbocycles. The summed E-state index contributed by atoms with van der Waals surface area (Å²) in [5, 5.41) is 4.23. The maximum atomic E-state index is 11.7. The zero-order valence-electron chi connectivity index (χ0n) is 18.6. The molecule has 7 nitrogen and oxygen atoms in total. The topological polar surface area (TPSA) is 63.0 Å². The molecule has 1 aliphatic rings. The summed E-state index contributed by atoms with van der Waals surface area (Å²) in [6, 6.07) is 14.2. The van der Waals surface area contributed by atoms with Crippen LogP contribution in [0.2, 0.25) is 0 Å². The molecule has 7 heteroatoms. The molecule has 0 spiro atoms. The Kier molecular flexibility index (Phi) is 5.93. The number of hydrogen-bond donors (Lipinski definition) is 0. The van der Waals surface area contributed by atoms with E-state index in [1.54, 1.807) is 6.92 Å². The Morgan fingerprint density at radius 1 is 1.03 bits per heavy atom. The first kappa shape index (κ1) is 20.9. The Morgan fingerprint density at radius 2 is 1.77 bits per heavy atom. The van der Waals surface area contributed by atoms with Crippen molar-refractivity contribution in [3.8, 4) is 5.69 Å². The fourth-order valence-electron chi connectivity index (χ4n) is 3.80. The van der Waals surface area contributed by atoms with Crippen LogP contribution in [0.4, 0.5) is 5.69 Å². The van der Waals surface area contributed by atoms with Gasteiger partial charge in [-0.05, 0) is 64.1 Å². The standard InChI is InChI=1S/C24H29N5O2/c1-17(2)31-26-19(4)27-10-12-28(13-11-27)21-6-5-7-22(15-21)29-16-25-23-14-20(18(3)30)8-9-24(23)29/h5-9,14-17H,10-13H2,1-4H3. The molecule has 0 radical (unpaired) electrons. The third-order valence-electron chi connectivity index (χ3n) is 5.56. The van der Waals surface area contributed by atoms with Gasteiger partial charge < -0.3 is 14.6 Å². The lowest BCUT2D eigenvalue weighted by atomic mass is 10.1. The number of aromatic nitrogens is 2. The molecule has 3 aromatic rings. The van der Waals surface area contributed by atoms with Gasteiger partial charge >= 0.3 is 0 Å². The number of rotatable bonds is 5. The number of amidine groups is 1. The minimum Gasteiger partial charge on any atom is -0.392 e. The molecule has 0 amide bonds. The number of benzene rings is 2. The van der Waals surface area contributed by atoms with Gasteiger partial charge in [0.1, 0.15) is 18.3 Å². The van der Waals surface area contributed by atoms with Crippen LogP contribution < -0.4 is 4.90 Å². The van der Waals surface area contributed by atoms with Crippen molar-refractivity contribution in [2.24, 2.45) is 5.16 Å². The second-order valence-corrected chi connectivity index (χ2v) is 8.16. The first-order valence-electron chi connectivity index (χ1n) is 10.7. The van der Waals surface area contributed by atoms with Gasteiger partial charge in [-0.1, -0.05) is 11.2 Å². The molecule has 31 heavy (non-hydrogen) atoms. The number of piperazine rings is 1. The number of Topliss-reactive ketones (excluding diaryl/α,β-unsaturated/α-hetero) is 1. The summed E-state index contributed by atoms with van der Waals surface area (Å²) < 4.78 is 2.07. The lowest BCUT2D eigenvalue weighted by Gasteiger charge is -2.37. The summed E-state index contributed by atoms with van der Waals surface area (Å²) in [6.45, 7) is 11.2. The second kappa shape index (κ2) is 8.79. The van der Waals surface area contributed by atoms with E-state index in [9.17, 15) is 4.79 Å². The number of nitrogens with zero attached hydrogens (tertiary/aromatic N) is 5. The van der Waals surface area contributed by atoms with Crippen molar-refractivity contribution < 1.29 is 9.63 Å². The van der Waals surface area contributed by atoms with Crippen LogP contribution in [0.15, 0.2) is 53.9 Å². The monoisotopic (exact) mass is 419 g/mol. The highest BCUT2D eigenvalue weighted by atomic mass is 16.6. The van der Waals surface area contributed by atoms with Crippen LogP contribution in [0.3, 0.4) is 0 Å². The molecule has 0 saturated carbocycles. The van der Waals surface area contributed by atoms with Gasteiger partial charge in [0.25, 0.3) is 0 Å². The summed E-state index contributed by atoms with van der Waals surface area (Å²) in [4.78, 5) is 26.2. The van der Waals surface area contributed by atoms with Crippen molar-refractivity contribution >= 4 is 28.3 Å². The summed E-state index contributed by atoms with van der Waals surface area (Å²) in [5.41, 5.74) is 4.74. The van der Waals surface area contributed by atoms with Crippen LogP contribution >= 0.6 is 0 Å². The van der Waals surface area contributed by atoms with Gasteiger partial charge in [-0.3, -0.25) is 9.36 Å². The Balaban J connectivity index is 1.50. The molecule has 162 valence electrons. The van der Waals surface area contributed by atoms with Gasteiger partial charge in [-0.25, -0.2) is 4.98 Å². The number of carbonyl (C=O) groups excluding carboxylic acids is 1. The number of ketones is 1. The normalized spacial score (nSPS) is 15.1. The molecule has 1 fully saturated rings. The lowest BCUT2D eigenvalue weighted by Crippen LogP contribution is -2.48. The van der Waals surface area contributed by atoms with Crippen molar-refractivity contribution in [3.05, 3.63) is 54.4 Å². The Morgan fingerprint density at radius 3 is 2.48 bits per heavy atom. The predicted octanol–water partition coefficient (Wildman–Crippen LogP) is 4.11. The highest BCUT2D eigenvalue weighted by molar-refractivity contribution is 5.97. The SMILES string of the molecule is CC(=O)c1ccc2c(c1)ncn2-c1cccc(N2CCN(C(C)=NOC(C)C)CC2)c1. The van der Waals surface area contributed by atoms with Gasteiger partial charge in [0.15, 0.2) is 5.78 Å². The second-order valence-electron chi connectivity index (χ2n) is 8.16. The van der Waals surface area contributed by atoms with Crippen LogP contribution in [-0.4, -0.2) is 58.4 Å². The van der Waals surface area contributed by atoms with E-state index < -0.39 is 0 Å². The first-order valence-corrected chi connectivity index (χ1v) is 10.7. The number of anilines is 1. The van der Waals surface area contributed by atoms with Crippen molar-refractivity contribution in [1.82, 2.24) is 14.5 Å². The number of hydrogen-bond acceptors (Lipinski definition) is 5. The molecule has 0 bridgehead atoms. The third kappa shape index (κ3) is 4.55. The van der Waals surface area contributed by atoms with Gasteiger partial charge in [-0.15, -0.1) is 0 Å². The fraction of sp³-hybridized carbons (Fsp3) is 0.375. The van der Waals surface area contributed by atoms with E-state index in [0.717, 1.165) is 48.7 Å². The fourth-order valence-corrected chi connectivity index (χ4v) is 3.80. The van der Waals surface area contributed by atoms with Gasteiger partial charge in [0.05, 0.1) is 11.0 Å². The Hall–Kier alpha value is -3.35. The summed E-state index contributed by atoms with van der Waals surface area (Å²) in [5.74, 6) is 0.977. The van der Waals surface area contributed by atoms with Gasteiger partial charge in [0.2, 0.25) is 0 Å². The van der Waals surface area contributed by atoms with Gasteiger partial charge in [-0.2, -0.15) is 0 Å². The zero-order valence-corrected chi connectivity index (χ0v) is 18.6. The van der Waals surface area contributed by atoms with Crippen LogP contribution in [0.25, 0.3) is 16.7 Å². The maximum Gasteiger partial charge on any atom is 0.159 e. The number of fused-ring (bicyclic) bond motifs is 1. The molecular weight excluding hydrogens is 390 g/mol. The Bertz CT molecular complexity index is 1110. The van der Waals surface area contributed by atoms with Gasteiger partial charge in [0, 0.05) is 43.1 Å². The van der Waals surface area contributed by atoms with Crippen molar-refractivity contribution in [2.75, 3.05) is 31.1 Å². The van der Waals surface area contributed by atoms with E-state index >= 15 is 0 Å². The molecule has 0 atom stereocenters. The zero-order chi connectivity index (χ0) is 22.0. The van der Waals surface area contributed by atoms with E-state index in [-0.39, 0.29) is 11.9 Å². The summed E-state index contributed by atoms with van der Waals surface area (Å²) >= 11 is 0. The van der Waals surface area contributed by atoms with E-state index in [4.69, 9.17) is 4.84 Å². The molecule has 1 aliphatic heterocycles. The number of oxime groups is 1. The molecule has 0 aliphatic carbocycles. The average Bonchev–Trinajstić information content (AvgIpc) is 3.21.